The highest BCUT2D eigenvalue weighted by molar-refractivity contribution is 7.91. The number of halogens is 2. The predicted molar refractivity (Wildman–Crippen MR) is 140 cm³/mol. The van der Waals surface area contributed by atoms with Gasteiger partial charge in [-0.15, -0.1) is 0 Å². The number of aromatic nitrogens is 2. The number of methoxy groups -OCH3 is 1. The number of ether oxygens (including phenoxy) is 2. The first-order valence-corrected chi connectivity index (χ1v) is 13.7. The van der Waals surface area contributed by atoms with E-state index in [0.717, 1.165) is 12.3 Å². The first-order valence-electron chi connectivity index (χ1n) is 12.1. The minimum Gasteiger partial charge on any atom is -0.496 e. The number of sulfone groups is 1. The summed E-state index contributed by atoms with van der Waals surface area (Å²) >= 11 is 0. The van der Waals surface area contributed by atoms with Gasteiger partial charge in [0.05, 0.1) is 54.4 Å². The van der Waals surface area contributed by atoms with Gasteiger partial charge in [-0.05, 0) is 54.1 Å². The highest BCUT2D eigenvalue weighted by atomic mass is 32.2. The van der Waals surface area contributed by atoms with E-state index in [4.69, 9.17) is 9.47 Å². The van der Waals surface area contributed by atoms with E-state index in [0.29, 0.717) is 33.8 Å². The van der Waals surface area contributed by atoms with Crippen LogP contribution in [-0.4, -0.2) is 43.8 Å². The number of nitrogens with zero attached hydrogens (tertiary/aromatic N) is 2. The monoisotopic (exact) mass is 553 g/mol. The molecule has 8 nitrogen and oxygen atoms in total. The average Bonchev–Trinajstić information content (AvgIpc) is 3.07. The summed E-state index contributed by atoms with van der Waals surface area (Å²) in [6, 6.07) is 13.9. The summed E-state index contributed by atoms with van der Waals surface area (Å²) in [5, 5.41) is 3.48. The number of nitrogens with one attached hydrogen (secondary N) is 1. The zero-order chi connectivity index (χ0) is 27.8. The van der Waals surface area contributed by atoms with Crippen molar-refractivity contribution < 1.29 is 31.5 Å². The van der Waals surface area contributed by atoms with E-state index in [1.165, 1.54) is 31.4 Å². The molecule has 39 heavy (non-hydrogen) atoms. The number of alkyl halides is 2. The van der Waals surface area contributed by atoms with Gasteiger partial charge >= 0.3 is 0 Å². The smallest absolute Gasteiger partial charge is 0.270 e. The van der Waals surface area contributed by atoms with Crippen LogP contribution in [0.25, 0.3) is 22.2 Å². The first-order chi connectivity index (χ1) is 18.5. The molecule has 3 heterocycles. The molecule has 4 aromatic rings. The Morgan fingerprint density at radius 3 is 2.72 bits per heavy atom. The van der Waals surface area contributed by atoms with Crippen LogP contribution in [-0.2, 0) is 33.6 Å². The lowest BCUT2D eigenvalue weighted by Gasteiger charge is -2.15. The molecule has 0 bridgehead atoms. The van der Waals surface area contributed by atoms with Gasteiger partial charge in [0.15, 0.2) is 9.84 Å². The normalized spacial score (nSPS) is 14.9. The van der Waals surface area contributed by atoms with Crippen molar-refractivity contribution in [2.45, 2.75) is 30.9 Å². The zero-order valence-corrected chi connectivity index (χ0v) is 22.0. The second-order valence-corrected chi connectivity index (χ2v) is 11.3. The van der Waals surface area contributed by atoms with Crippen LogP contribution in [0.5, 0.6) is 5.75 Å². The Morgan fingerprint density at radius 2 is 1.95 bits per heavy atom. The van der Waals surface area contributed by atoms with E-state index < -0.39 is 21.7 Å². The number of pyridine rings is 2. The van der Waals surface area contributed by atoms with Crippen molar-refractivity contribution in [3.63, 3.8) is 0 Å². The molecule has 2 aromatic heterocycles. The summed E-state index contributed by atoms with van der Waals surface area (Å²) < 4.78 is 63.7. The molecule has 0 spiro atoms. The Kier molecular flexibility index (Phi) is 7.04. The Balaban J connectivity index is 1.39. The van der Waals surface area contributed by atoms with E-state index >= 15 is 0 Å². The maximum atomic E-state index is 14.0. The van der Waals surface area contributed by atoms with Crippen LogP contribution < -0.4 is 10.1 Å². The standard InChI is InChI=1S/C28H25F2N3O5S/c1-28(29,30)20-6-8-25(37-2)22(12-20)23-7-5-18-14-31-21(13-24(18)33-23)15-32-27(34)17-3-4-19-16-38-9-10-39(35,36)26(19)11-17/h3-8,11-14H,9-10,15-16H2,1-2H3,(H,32,34). The van der Waals surface area contributed by atoms with Gasteiger partial charge in [0.2, 0.25) is 0 Å². The van der Waals surface area contributed by atoms with Crippen molar-refractivity contribution in [2.24, 2.45) is 0 Å². The third kappa shape index (κ3) is 5.59. The zero-order valence-electron chi connectivity index (χ0n) is 21.2. The van der Waals surface area contributed by atoms with Gasteiger partial charge in [-0.3, -0.25) is 9.78 Å². The Bertz CT molecular complexity index is 1690. The third-order valence-corrected chi connectivity index (χ3v) is 8.22. The van der Waals surface area contributed by atoms with Crippen molar-refractivity contribution in [2.75, 3.05) is 19.5 Å². The van der Waals surface area contributed by atoms with Crippen molar-refractivity contribution >= 4 is 26.6 Å². The summed E-state index contributed by atoms with van der Waals surface area (Å²) in [4.78, 5) is 21.9. The van der Waals surface area contributed by atoms with Gasteiger partial charge in [-0.2, -0.15) is 0 Å². The third-order valence-electron chi connectivity index (χ3n) is 6.46. The van der Waals surface area contributed by atoms with Crippen molar-refractivity contribution in [3.8, 4) is 17.0 Å². The van der Waals surface area contributed by atoms with Gasteiger partial charge in [-0.25, -0.2) is 22.2 Å². The molecule has 1 aliphatic heterocycles. The second kappa shape index (κ2) is 10.3. The van der Waals surface area contributed by atoms with E-state index in [1.54, 1.807) is 36.5 Å². The molecule has 0 aliphatic carbocycles. The molecule has 2 aromatic carbocycles. The molecule has 0 saturated carbocycles. The summed E-state index contributed by atoms with van der Waals surface area (Å²) in [5.74, 6) is -3.21. The lowest BCUT2D eigenvalue weighted by Crippen LogP contribution is -2.23. The van der Waals surface area contributed by atoms with Gasteiger partial charge in [-0.1, -0.05) is 6.07 Å². The molecule has 0 saturated heterocycles. The van der Waals surface area contributed by atoms with Gasteiger partial charge in [0, 0.05) is 35.2 Å². The number of hydrogen-bond donors (Lipinski definition) is 1. The highest BCUT2D eigenvalue weighted by Gasteiger charge is 2.26. The number of carbonyl (C=O) groups excluding carboxylic acids is 1. The van der Waals surface area contributed by atoms with Crippen LogP contribution in [0, 0.1) is 0 Å². The van der Waals surface area contributed by atoms with Crippen molar-refractivity contribution in [3.05, 3.63) is 83.2 Å². The molecular formula is C28H25F2N3O5S. The summed E-state index contributed by atoms with van der Waals surface area (Å²) in [6.07, 6.45) is 1.61. The highest BCUT2D eigenvalue weighted by Crippen LogP contribution is 2.36. The van der Waals surface area contributed by atoms with Gasteiger partial charge < -0.3 is 14.8 Å². The largest absolute Gasteiger partial charge is 0.496 e. The van der Waals surface area contributed by atoms with Crippen molar-refractivity contribution in [1.82, 2.24) is 15.3 Å². The fraction of sp³-hybridized carbons (Fsp3) is 0.250. The van der Waals surface area contributed by atoms with Crippen LogP contribution >= 0.6 is 0 Å². The number of carbonyl (C=O) groups is 1. The lowest BCUT2D eigenvalue weighted by molar-refractivity contribution is 0.0175. The molecule has 1 N–H and O–H groups in total. The Labute approximate surface area is 223 Å². The van der Waals surface area contributed by atoms with Crippen LogP contribution in [0.1, 0.15) is 34.1 Å². The minimum atomic E-state index is -3.55. The van der Waals surface area contributed by atoms with Gasteiger partial charge in [0.1, 0.15) is 5.75 Å². The molecule has 202 valence electrons. The fourth-order valence-electron chi connectivity index (χ4n) is 4.32. The van der Waals surface area contributed by atoms with E-state index in [1.807, 2.05) is 0 Å². The van der Waals surface area contributed by atoms with Crippen LogP contribution in [0.2, 0.25) is 0 Å². The lowest BCUT2D eigenvalue weighted by atomic mass is 10.0. The first kappa shape index (κ1) is 26.6. The summed E-state index contributed by atoms with van der Waals surface area (Å²) in [7, 11) is -2.09. The molecule has 0 unspecified atom stereocenters. The number of benzene rings is 2. The van der Waals surface area contributed by atoms with Crippen LogP contribution in [0.15, 0.2) is 65.7 Å². The second-order valence-electron chi connectivity index (χ2n) is 9.24. The molecule has 0 atom stereocenters. The van der Waals surface area contributed by atoms with Gasteiger partial charge in [0.25, 0.3) is 11.8 Å². The van der Waals surface area contributed by atoms with Crippen LogP contribution in [0.3, 0.4) is 0 Å². The molecule has 11 heteroatoms. The Morgan fingerprint density at radius 1 is 1.13 bits per heavy atom. The van der Waals surface area contributed by atoms with E-state index in [9.17, 15) is 22.0 Å². The molecule has 0 radical (unpaired) electrons. The number of amides is 1. The summed E-state index contributed by atoms with van der Waals surface area (Å²) in [5.41, 5.74) is 2.51. The van der Waals surface area contributed by atoms with E-state index in [-0.39, 0.29) is 41.5 Å². The van der Waals surface area contributed by atoms with Crippen molar-refractivity contribution in [1.29, 1.82) is 0 Å². The number of rotatable bonds is 6. The van der Waals surface area contributed by atoms with Crippen LogP contribution in [0.4, 0.5) is 8.78 Å². The maximum Gasteiger partial charge on any atom is 0.270 e. The molecule has 1 aliphatic rings. The quantitative estimate of drug-likeness (QED) is 0.370. The summed E-state index contributed by atoms with van der Waals surface area (Å²) in [6.45, 7) is 1.17. The number of hydrogen-bond acceptors (Lipinski definition) is 7. The predicted octanol–water partition coefficient (Wildman–Crippen LogP) is 4.65. The average molecular weight is 554 g/mol. The molecule has 1 amide bonds. The minimum absolute atomic E-state index is 0.0640. The molecule has 0 fully saturated rings. The molecule has 5 rings (SSSR count). The fourth-order valence-corrected chi connectivity index (χ4v) is 5.71. The SMILES string of the molecule is COc1ccc(C(C)(F)F)cc1-c1ccc2cnc(CNC(=O)c3ccc4c(c3)S(=O)(=O)CCOC4)cc2n1. The topological polar surface area (TPSA) is 107 Å². The Hall–Kier alpha value is -3.96. The molecular weight excluding hydrogens is 528 g/mol. The maximum absolute atomic E-state index is 14.0. The van der Waals surface area contributed by atoms with E-state index in [2.05, 4.69) is 15.3 Å². The number of fused-ring (bicyclic) bond motifs is 2.